The number of hydrogen-bond acceptors (Lipinski definition) is 4. The van der Waals surface area contributed by atoms with E-state index in [0.29, 0.717) is 24.3 Å². The van der Waals surface area contributed by atoms with Crippen LogP contribution in [0.2, 0.25) is 0 Å². The quantitative estimate of drug-likeness (QED) is 0.780. The molecule has 2 aromatic carbocycles. The Morgan fingerprint density at radius 1 is 1.07 bits per heavy atom. The van der Waals surface area contributed by atoms with Crippen LogP contribution in [0.1, 0.15) is 30.4 Å². The van der Waals surface area contributed by atoms with E-state index in [1.807, 2.05) is 41.3 Å². The van der Waals surface area contributed by atoms with Crippen molar-refractivity contribution in [1.82, 2.24) is 0 Å². The van der Waals surface area contributed by atoms with E-state index < -0.39 is 0 Å². The fourth-order valence-corrected chi connectivity index (χ4v) is 3.75. The summed E-state index contributed by atoms with van der Waals surface area (Å²) >= 11 is 0. The van der Waals surface area contributed by atoms with Crippen LogP contribution >= 0.6 is 0 Å². The number of rotatable bonds is 7. The molecule has 1 aliphatic carbocycles. The average molecular weight is 394 g/mol. The van der Waals surface area contributed by atoms with Crippen LogP contribution in [0.4, 0.5) is 11.4 Å². The van der Waals surface area contributed by atoms with E-state index in [9.17, 15) is 9.59 Å². The van der Waals surface area contributed by atoms with Crippen LogP contribution in [0.5, 0.6) is 11.5 Å². The number of benzene rings is 2. The summed E-state index contributed by atoms with van der Waals surface area (Å²) in [7, 11) is 3.19. The van der Waals surface area contributed by atoms with Crippen molar-refractivity contribution in [3.8, 4) is 11.5 Å². The molecule has 1 fully saturated rings. The summed E-state index contributed by atoms with van der Waals surface area (Å²) in [5.41, 5.74) is 3.85. The topological polar surface area (TPSA) is 67.9 Å². The summed E-state index contributed by atoms with van der Waals surface area (Å²) in [6.45, 7) is 0.737. The van der Waals surface area contributed by atoms with Gasteiger partial charge >= 0.3 is 0 Å². The molecule has 1 heterocycles. The monoisotopic (exact) mass is 394 g/mol. The molecule has 1 aliphatic heterocycles. The summed E-state index contributed by atoms with van der Waals surface area (Å²) in [6, 6.07) is 11.5. The maximum Gasteiger partial charge on any atom is 0.230 e. The van der Waals surface area contributed by atoms with Crippen LogP contribution in [0.15, 0.2) is 36.4 Å². The van der Waals surface area contributed by atoms with E-state index in [0.717, 1.165) is 42.7 Å². The molecule has 29 heavy (non-hydrogen) atoms. The lowest BCUT2D eigenvalue weighted by Crippen LogP contribution is -2.30. The Hall–Kier alpha value is -3.02. The second-order valence-corrected chi connectivity index (χ2v) is 7.60. The summed E-state index contributed by atoms with van der Waals surface area (Å²) in [5.74, 6) is 1.69. The molecule has 152 valence electrons. The fourth-order valence-electron chi connectivity index (χ4n) is 3.75. The number of hydrogen-bond donors (Lipinski definition) is 1. The number of ether oxygens (including phenoxy) is 2. The molecule has 2 amide bonds. The van der Waals surface area contributed by atoms with Gasteiger partial charge in [0.1, 0.15) is 0 Å². The first-order valence-corrected chi connectivity index (χ1v) is 10.0. The van der Waals surface area contributed by atoms with Crippen LogP contribution in [0, 0.1) is 5.92 Å². The lowest BCUT2D eigenvalue weighted by molar-refractivity contribution is -0.119. The first kappa shape index (κ1) is 19.3. The molecule has 0 spiro atoms. The molecule has 4 rings (SSSR count). The molecule has 6 nitrogen and oxygen atoms in total. The minimum absolute atomic E-state index is 0.0576. The van der Waals surface area contributed by atoms with Crippen LogP contribution < -0.4 is 19.7 Å². The smallest absolute Gasteiger partial charge is 0.230 e. The third-order valence-electron chi connectivity index (χ3n) is 5.55. The highest BCUT2D eigenvalue weighted by Crippen LogP contribution is 2.37. The van der Waals surface area contributed by atoms with Crippen LogP contribution in [0.3, 0.4) is 0 Å². The molecule has 1 saturated carbocycles. The molecule has 2 aromatic rings. The van der Waals surface area contributed by atoms with Gasteiger partial charge in [-0.05, 0) is 61.1 Å². The summed E-state index contributed by atoms with van der Waals surface area (Å²) in [6.07, 6.45) is 3.83. The lowest BCUT2D eigenvalue weighted by Gasteiger charge is -2.18. The summed E-state index contributed by atoms with van der Waals surface area (Å²) < 4.78 is 10.6. The van der Waals surface area contributed by atoms with Gasteiger partial charge in [0.2, 0.25) is 11.8 Å². The van der Waals surface area contributed by atoms with Crippen LogP contribution in [0.25, 0.3) is 0 Å². The number of methoxy groups -OCH3 is 2. The molecule has 6 heteroatoms. The normalized spacial score (nSPS) is 15.0. The van der Waals surface area contributed by atoms with Crippen molar-refractivity contribution in [2.45, 2.75) is 32.1 Å². The zero-order chi connectivity index (χ0) is 20.4. The Labute approximate surface area is 170 Å². The molecular formula is C23H26N2O4. The van der Waals surface area contributed by atoms with Gasteiger partial charge in [0, 0.05) is 30.3 Å². The van der Waals surface area contributed by atoms with Gasteiger partial charge < -0.3 is 19.7 Å². The van der Waals surface area contributed by atoms with Crippen molar-refractivity contribution in [2.75, 3.05) is 31.0 Å². The van der Waals surface area contributed by atoms with Gasteiger partial charge in [-0.25, -0.2) is 0 Å². The molecule has 0 saturated heterocycles. The van der Waals surface area contributed by atoms with Crippen LogP contribution in [-0.4, -0.2) is 32.6 Å². The number of anilines is 2. The average Bonchev–Trinajstić information content (AvgIpc) is 3.51. The zero-order valence-electron chi connectivity index (χ0n) is 16.9. The highest BCUT2D eigenvalue weighted by atomic mass is 16.5. The maximum absolute atomic E-state index is 12.5. The van der Waals surface area contributed by atoms with Crippen molar-refractivity contribution in [1.29, 1.82) is 0 Å². The van der Waals surface area contributed by atoms with Crippen LogP contribution in [-0.2, 0) is 22.4 Å². The van der Waals surface area contributed by atoms with Crippen molar-refractivity contribution in [3.63, 3.8) is 0 Å². The van der Waals surface area contributed by atoms with Gasteiger partial charge in [0.05, 0.1) is 14.2 Å². The van der Waals surface area contributed by atoms with Crippen molar-refractivity contribution in [2.24, 2.45) is 5.92 Å². The van der Waals surface area contributed by atoms with Crippen molar-refractivity contribution < 1.29 is 19.1 Å². The van der Waals surface area contributed by atoms with E-state index in [1.54, 1.807) is 14.2 Å². The van der Waals surface area contributed by atoms with E-state index in [2.05, 4.69) is 5.32 Å². The predicted molar refractivity (Wildman–Crippen MR) is 112 cm³/mol. The highest BCUT2D eigenvalue weighted by Gasteiger charge is 2.36. The Morgan fingerprint density at radius 3 is 2.59 bits per heavy atom. The van der Waals surface area contributed by atoms with Gasteiger partial charge in [-0.3, -0.25) is 9.59 Å². The molecular weight excluding hydrogens is 368 g/mol. The first-order chi connectivity index (χ1) is 14.1. The standard InChI is InChI=1S/C23H26N2O4/c1-28-20-9-3-15(13-21(20)29-2)4-10-22(26)24-18-8-7-16-11-12-25(19(16)14-18)23(27)17-5-6-17/h3,7-9,13-14,17H,4-6,10-12H2,1-2H3,(H,24,26). The number of amides is 2. The van der Waals surface area contributed by atoms with Crippen molar-refractivity contribution >= 4 is 23.2 Å². The maximum atomic E-state index is 12.5. The van der Waals surface area contributed by atoms with Gasteiger partial charge in [0.25, 0.3) is 0 Å². The van der Waals surface area contributed by atoms with E-state index >= 15 is 0 Å². The third kappa shape index (κ3) is 4.21. The van der Waals surface area contributed by atoms with E-state index in [-0.39, 0.29) is 17.7 Å². The van der Waals surface area contributed by atoms with Crippen molar-refractivity contribution in [3.05, 3.63) is 47.5 Å². The first-order valence-electron chi connectivity index (χ1n) is 10.0. The number of carbonyl (C=O) groups excluding carboxylic acids is 2. The summed E-state index contributed by atoms with van der Waals surface area (Å²) in [5, 5.41) is 2.96. The second kappa shape index (κ2) is 8.15. The lowest BCUT2D eigenvalue weighted by atomic mass is 10.1. The number of fused-ring (bicyclic) bond motifs is 1. The highest BCUT2D eigenvalue weighted by molar-refractivity contribution is 5.99. The molecule has 1 N–H and O–H groups in total. The second-order valence-electron chi connectivity index (χ2n) is 7.60. The molecule has 0 atom stereocenters. The van der Waals surface area contributed by atoms with E-state index in [1.165, 1.54) is 5.56 Å². The molecule has 0 radical (unpaired) electrons. The number of carbonyl (C=O) groups is 2. The number of nitrogens with zero attached hydrogens (tertiary/aromatic N) is 1. The predicted octanol–water partition coefficient (Wildman–Crippen LogP) is 3.57. The molecule has 2 aliphatic rings. The molecule has 0 unspecified atom stereocenters. The van der Waals surface area contributed by atoms with E-state index in [4.69, 9.17) is 9.47 Å². The number of nitrogens with one attached hydrogen (secondary N) is 1. The Balaban J connectivity index is 1.38. The Morgan fingerprint density at radius 2 is 1.86 bits per heavy atom. The molecule has 0 bridgehead atoms. The van der Waals surface area contributed by atoms with Gasteiger partial charge in [-0.1, -0.05) is 12.1 Å². The minimum atomic E-state index is -0.0576. The summed E-state index contributed by atoms with van der Waals surface area (Å²) in [4.78, 5) is 26.8. The third-order valence-corrected chi connectivity index (χ3v) is 5.55. The Kier molecular flexibility index (Phi) is 5.43. The fraction of sp³-hybridized carbons (Fsp3) is 0.391. The SMILES string of the molecule is COc1ccc(CCC(=O)Nc2ccc3c(c2)N(C(=O)C2CC2)CC3)cc1OC. The minimum Gasteiger partial charge on any atom is -0.493 e. The van der Waals surface area contributed by atoms with Gasteiger partial charge in [-0.2, -0.15) is 0 Å². The zero-order valence-corrected chi connectivity index (χ0v) is 16.9. The largest absolute Gasteiger partial charge is 0.493 e. The Bertz CT molecular complexity index is 936. The molecule has 0 aromatic heterocycles. The van der Waals surface area contributed by atoms with Gasteiger partial charge in [0.15, 0.2) is 11.5 Å². The van der Waals surface area contributed by atoms with Gasteiger partial charge in [-0.15, -0.1) is 0 Å². The number of aryl methyl sites for hydroxylation is 1.